The number of imide groups is 1. The largest absolute Gasteiger partial charge is 0.465 e. The van der Waals surface area contributed by atoms with Crippen molar-refractivity contribution in [1.82, 2.24) is 0 Å². The van der Waals surface area contributed by atoms with E-state index in [1.54, 1.807) is 44.2 Å². The predicted octanol–water partition coefficient (Wildman–Crippen LogP) is 6.89. The van der Waals surface area contributed by atoms with E-state index in [0.717, 1.165) is 17.0 Å². The summed E-state index contributed by atoms with van der Waals surface area (Å²) in [4.78, 5) is 67.5. The number of hydrogen-bond acceptors (Lipinski definition) is 8. The summed E-state index contributed by atoms with van der Waals surface area (Å²) < 4.78 is 55.3. The molecule has 5 rings (SSSR count). The average molecular weight is 690 g/mol. The number of amides is 2. The van der Waals surface area contributed by atoms with Crippen molar-refractivity contribution in [3.05, 3.63) is 113 Å². The standard InChI is InChI=1S/C38H34F3NO8/c1-4-48-35(46)37(36(47)49-5-2,27-10-8-9-23(3)19-27)22-50-32(43)21-24-13-18-31-30(20-24)34(45)42(31)33(44)29-12-7-6-11-28(29)25-14-16-26(17-15-25)38(39,40)41/h6-18,20,23H,4-5,19,21-22H2,1-3H3. The molecule has 2 amide bonds. The van der Waals surface area contributed by atoms with Gasteiger partial charge in [0.15, 0.2) is 0 Å². The van der Waals surface area contributed by atoms with Crippen LogP contribution in [-0.2, 0) is 41.2 Å². The number of esters is 3. The van der Waals surface area contributed by atoms with Crippen molar-refractivity contribution in [1.29, 1.82) is 0 Å². The van der Waals surface area contributed by atoms with Crippen LogP contribution < -0.4 is 4.90 Å². The average Bonchev–Trinajstić information content (AvgIpc) is 3.09. The van der Waals surface area contributed by atoms with Gasteiger partial charge in [0.1, 0.15) is 6.61 Å². The summed E-state index contributed by atoms with van der Waals surface area (Å²) in [6, 6.07) is 15.1. The maximum absolute atomic E-state index is 13.6. The Hall–Kier alpha value is -5.52. The Morgan fingerprint density at radius 3 is 2.14 bits per heavy atom. The van der Waals surface area contributed by atoms with E-state index >= 15 is 0 Å². The van der Waals surface area contributed by atoms with E-state index in [0.29, 0.717) is 28.7 Å². The third kappa shape index (κ3) is 6.96. The quantitative estimate of drug-likeness (QED) is 0.0925. The fraction of sp³-hybridized carbons (Fsp3) is 0.289. The SMILES string of the molecule is CCOC(=O)C(COC(=O)Cc1ccc2c(c1)C(=O)N2C(=O)c1ccccc1-c1ccc(C(F)(F)F)cc1)(C(=O)OCC)C1=CC=CC(C)C1. The highest BCUT2D eigenvalue weighted by atomic mass is 19.4. The van der Waals surface area contributed by atoms with Gasteiger partial charge in [-0.3, -0.25) is 24.0 Å². The van der Waals surface area contributed by atoms with Crippen molar-refractivity contribution < 1.29 is 51.4 Å². The summed E-state index contributed by atoms with van der Waals surface area (Å²) >= 11 is 0. The van der Waals surface area contributed by atoms with Gasteiger partial charge in [0.25, 0.3) is 11.8 Å². The minimum Gasteiger partial charge on any atom is -0.465 e. The molecule has 0 spiro atoms. The molecule has 1 heterocycles. The number of halogens is 3. The van der Waals surface area contributed by atoms with Crippen molar-refractivity contribution in [3.63, 3.8) is 0 Å². The maximum atomic E-state index is 13.6. The molecule has 0 radical (unpaired) electrons. The van der Waals surface area contributed by atoms with E-state index in [1.807, 2.05) is 13.0 Å². The van der Waals surface area contributed by atoms with Crippen LogP contribution in [0.25, 0.3) is 11.1 Å². The smallest absolute Gasteiger partial charge is 0.416 e. The Bertz CT molecular complexity index is 1880. The Morgan fingerprint density at radius 1 is 0.860 bits per heavy atom. The Morgan fingerprint density at radius 2 is 1.52 bits per heavy atom. The van der Waals surface area contributed by atoms with Crippen LogP contribution in [0.4, 0.5) is 18.9 Å². The van der Waals surface area contributed by atoms with E-state index in [1.165, 1.54) is 36.4 Å². The van der Waals surface area contributed by atoms with Crippen LogP contribution in [0.5, 0.6) is 0 Å². The molecule has 1 atom stereocenters. The number of alkyl halides is 3. The number of rotatable bonds is 11. The summed E-state index contributed by atoms with van der Waals surface area (Å²) in [6.45, 7) is 4.41. The van der Waals surface area contributed by atoms with Gasteiger partial charge in [0.2, 0.25) is 5.41 Å². The van der Waals surface area contributed by atoms with Crippen LogP contribution >= 0.6 is 0 Å². The monoisotopic (exact) mass is 689 g/mol. The number of hydrogen-bond donors (Lipinski definition) is 0. The van der Waals surface area contributed by atoms with E-state index in [4.69, 9.17) is 14.2 Å². The zero-order valence-electron chi connectivity index (χ0n) is 27.5. The zero-order valence-corrected chi connectivity index (χ0v) is 27.5. The lowest BCUT2D eigenvalue weighted by Crippen LogP contribution is -2.48. The van der Waals surface area contributed by atoms with Crippen LogP contribution in [0.15, 0.2) is 90.5 Å². The number of anilines is 1. The lowest BCUT2D eigenvalue weighted by Gasteiger charge is -2.33. The highest BCUT2D eigenvalue weighted by molar-refractivity contribution is 6.35. The molecule has 0 fully saturated rings. The van der Waals surface area contributed by atoms with Crippen molar-refractivity contribution >= 4 is 35.4 Å². The van der Waals surface area contributed by atoms with Gasteiger partial charge in [-0.1, -0.05) is 61.5 Å². The van der Waals surface area contributed by atoms with Gasteiger partial charge in [-0.2, -0.15) is 13.2 Å². The number of nitrogens with zero attached hydrogens (tertiary/aromatic N) is 1. The molecule has 260 valence electrons. The summed E-state index contributed by atoms with van der Waals surface area (Å²) in [5.41, 5.74) is -0.766. The van der Waals surface area contributed by atoms with Gasteiger partial charge >= 0.3 is 24.1 Å². The molecule has 0 N–H and O–H groups in total. The first kappa shape index (κ1) is 35.8. The number of ether oxygens (including phenoxy) is 3. The van der Waals surface area contributed by atoms with Crippen molar-refractivity contribution in [2.75, 3.05) is 24.7 Å². The molecule has 0 saturated carbocycles. The van der Waals surface area contributed by atoms with Gasteiger partial charge in [-0.05, 0) is 78.8 Å². The first-order chi connectivity index (χ1) is 23.8. The molecule has 3 aromatic carbocycles. The predicted molar refractivity (Wildman–Crippen MR) is 176 cm³/mol. The Labute approximate surface area is 286 Å². The van der Waals surface area contributed by atoms with E-state index in [2.05, 4.69) is 0 Å². The third-order valence-corrected chi connectivity index (χ3v) is 8.49. The molecule has 0 aromatic heterocycles. The van der Waals surface area contributed by atoms with Crippen LogP contribution in [0.2, 0.25) is 0 Å². The summed E-state index contributed by atoms with van der Waals surface area (Å²) in [7, 11) is 0. The molecule has 0 bridgehead atoms. The molecule has 50 heavy (non-hydrogen) atoms. The van der Waals surface area contributed by atoms with E-state index in [9.17, 15) is 37.1 Å². The van der Waals surface area contributed by atoms with Crippen LogP contribution in [0, 0.1) is 11.3 Å². The lowest BCUT2D eigenvalue weighted by atomic mass is 9.75. The first-order valence-corrected chi connectivity index (χ1v) is 16.0. The van der Waals surface area contributed by atoms with E-state index < -0.39 is 53.5 Å². The highest BCUT2D eigenvalue weighted by Gasteiger charge is 2.53. The third-order valence-electron chi connectivity index (χ3n) is 8.49. The first-order valence-electron chi connectivity index (χ1n) is 16.0. The Balaban J connectivity index is 1.33. The lowest BCUT2D eigenvalue weighted by molar-refractivity contribution is -0.175. The maximum Gasteiger partial charge on any atom is 0.416 e. The second-order valence-corrected chi connectivity index (χ2v) is 11.9. The topological polar surface area (TPSA) is 116 Å². The number of carbonyl (C=O) groups is 5. The van der Waals surface area contributed by atoms with Crippen LogP contribution in [0.3, 0.4) is 0 Å². The molecular weight excluding hydrogens is 655 g/mol. The molecule has 12 heteroatoms. The molecule has 9 nitrogen and oxygen atoms in total. The van der Waals surface area contributed by atoms with Crippen molar-refractivity contribution in [2.24, 2.45) is 11.3 Å². The normalized spacial score (nSPS) is 15.4. The molecule has 1 unspecified atom stereocenters. The van der Waals surface area contributed by atoms with Crippen LogP contribution in [-0.4, -0.2) is 49.5 Å². The van der Waals surface area contributed by atoms with Gasteiger partial charge in [0.05, 0.1) is 36.4 Å². The highest BCUT2D eigenvalue weighted by Crippen LogP contribution is 2.40. The molecule has 1 aliphatic carbocycles. The summed E-state index contributed by atoms with van der Waals surface area (Å²) in [6.07, 6.45) is 0.759. The van der Waals surface area contributed by atoms with Crippen molar-refractivity contribution in [2.45, 2.75) is 39.8 Å². The summed E-state index contributed by atoms with van der Waals surface area (Å²) in [5, 5.41) is 0. The minimum absolute atomic E-state index is 0.00122. The number of fused-ring (bicyclic) bond motifs is 1. The molecular formula is C38H34F3NO8. The van der Waals surface area contributed by atoms with Crippen LogP contribution in [0.1, 0.15) is 59.0 Å². The minimum atomic E-state index is -4.52. The molecule has 0 saturated heterocycles. The van der Waals surface area contributed by atoms with Gasteiger partial charge in [-0.15, -0.1) is 0 Å². The van der Waals surface area contributed by atoms with Gasteiger partial charge < -0.3 is 14.2 Å². The number of benzene rings is 3. The van der Waals surface area contributed by atoms with Gasteiger partial charge in [0, 0.05) is 5.56 Å². The zero-order chi connectivity index (χ0) is 36.2. The molecule has 3 aromatic rings. The van der Waals surface area contributed by atoms with Crippen molar-refractivity contribution in [3.8, 4) is 11.1 Å². The number of allylic oxidation sites excluding steroid dienone is 3. The molecule has 1 aliphatic heterocycles. The second kappa shape index (κ2) is 14.5. The Kier molecular flexibility index (Phi) is 10.4. The molecule has 2 aliphatic rings. The fourth-order valence-corrected chi connectivity index (χ4v) is 5.95. The van der Waals surface area contributed by atoms with Gasteiger partial charge in [-0.25, -0.2) is 4.90 Å². The number of carbonyl (C=O) groups excluding carboxylic acids is 5. The van der Waals surface area contributed by atoms with E-state index in [-0.39, 0.29) is 42.4 Å². The summed E-state index contributed by atoms with van der Waals surface area (Å²) in [5.74, 6) is -3.86. The second-order valence-electron chi connectivity index (χ2n) is 11.9. The fourth-order valence-electron chi connectivity index (χ4n) is 5.95.